The monoisotopic (exact) mass is 329 g/mol. The van der Waals surface area contributed by atoms with Gasteiger partial charge in [-0.25, -0.2) is 9.78 Å². The van der Waals surface area contributed by atoms with Gasteiger partial charge in [0.05, 0.1) is 6.33 Å². The number of aliphatic carboxylic acids is 1. The molecule has 1 heterocycles. The van der Waals surface area contributed by atoms with E-state index in [-0.39, 0.29) is 23.7 Å². The standard InChI is InChI=1S/C17H19N3O4/c1-10(2)8-12(17(23)24)20-16(22)14-13(18-9-19-14)15(21)11-6-4-3-5-7-11/h3-7,9-10,12H,8H2,1-2H3,(H,18,19)(H,20,22)(H,23,24)/t12-/m1/s1. The number of aromatic nitrogens is 2. The molecule has 1 atom stereocenters. The van der Waals surface area contributed by atoms with Gasteiger partial charge in [0.25, 0.3) is 5.91 Å². The molecule has 7 nitrogen and oxygen atoms in total. The van der Waals surface area contributed by atoms with Crippen LogP contribution in [0.1, 0.15) is 46.8 Å². The van der Waals surface area contributed by atoms with E-state index in [1.54, 1.807) is 30.3 Å². The highest BCUT2D eigenvalue weighted by Gasteiger charge is 2.26. The highest BCUT2D eigenvalue weighted by molar-refractivity contribution is 6.13. The van der Waals surface area contributed by atoms with Gasteiger partial charge in [-0.2, -0.15) is 0 Å². The molecular formula is C17H19N3O4. The lowest BCUT2D eigenvalue weighted by molar-refractivity contribution is -0.139. The number of carbonyl (C=O) groups is 3. The Morgan fingerprint density at radius 3 is 2.46 bits per heavy atom. The Kier molecular flexibility index (Phi) is 5.47. The molecule has 7 heteroatoms. The fourth-order valence-corrected chi connectivity index (χ4v) is 2.29. The Balaban J connectivity index is 2.21. The van der Waals surface area contributed by atoms with Crippen LogP contribution in [0.2, 0.25) is 0 Å². The molecule has 0 aliphatic rings. The fourth-order valence-electron chi connectivity index (χ4n) is 2.29. The number of hydrogen-bond donors (Lipinski definition) is 3. The van der Waals surface area contributed by atoms with Crippen LogP contribution in [0.4, 0.5) is 0 Å². The highest BCUT2D eigenvalue weighted by atomic mass is 16.4. The number of H-pyrrole nitrogens is 1. The molecule has 0 saturated heterocycles. The van der Waals surface area contributed by atoms with Gasteiger partial charge in [0.2, 0.25) is 5.78 Å². The second-order valence-corrected chi connectivity index (χ2v) is 5.82. The Morgan fingerprint density at radius 2 is 1.88 bits per heavy atom. The summed E-state index contributed by atoms with van der Waals surface area (Å²) in [6.07, 6.45) is 1.53. The van der Waals surface area contributed by atoms with E-state index in [1.165, 1.54) is 6.33 Å². The summed E-state index contributed by atoms with van der Waals surface area (Å²) in [6.45, 7) is 3.73. The van der Waals surface area contributed by atoms with Crippen LogP contribution in [-0.2, 0) is 4.79 Å². The number of imidazole rings is 1. The van der Waals surface area contributed by atoms with Gasteiger partial charge in [0.1, 0.15) is 17.4 Å². The van der Waals surface area contributed by atoms with Crippen molar-refractivity contribution in [3.63, 3.8) is 0 Å². The predicted molar refractivity (Wildman–Crippen MR) is 86.8 cm³/mol. The van der Waals surface area contributed by atoms with Gasteiger partial charge in [-0.1, -0.05) is 44.2 Å². The van der Waals surface area contributed by atoms with E-state index in [0.29, 0.717) is 5.56 Å². The molecule has 1 aromatic heterocycles. The van der Waals surface area contributed by atoms with Crippen molar-refractivity contribution in [2.24, 2.45) is 5.92 Å². The SMILES string of the molecule is CC(C)C[C@@H](NC(=O)c1[nH]cnc1C(=O)c1ccccc1)C(=O)O. The minimum Gasteiger partial charge on any atom is -0.480 e. The number of carboxylic acid groups (broad SMARTS) is 1. The summed E-state index contributed by atoms with van der Waals surface area (Å²) in [7, 11) is 0. The molecule has 2 rings (SSSR count). The number of hydrogen-bond acceptors (Lipinski definition) is 4. The molecule has 0 aliphatic carbocycles. The molecule has 0 radical (unpaired) electrons. The fraction of sp³-hybridized carbons (Fsp3) is 0.294. The molecule has 0 spiro atoms. The molecule has 1 amide bonds. The first kappa shape index (κ1) is 17.4. The third-order valence-electron chi connectivity index (χ3n) is 3.43. The number of nitrogens with zero attached hydrogens (tertiary/aromatic N) is 1. The quantitative estimate of drug-likeness (QED) is 0.671. The average molecular weight is 329 g/mol. The van der Waals surface area contributed by atoms with Crippen molar-refractivity contribution in [2.75, 3.05) is 0 Å². The smallest absolute Gasteiger partial charge is 0.326 e. The molecular weight excluding hydrogens is 310 g/mol. The zero-order chi connectivity index (χ0) is 17.7. The first-order valence-electron chi connectivity index (χ1n) is 7.57. The average Bonchev–Trinajstić information content (AvgIpc) is 3.03. The van der Waals surface area contributed by atoms with Crippen molar-refractivity contribution in [3.8, 4) is 0 Å². The predicted octanol–water partition coefficient (Wildman–Crippen LogP) is 1.87. The van der Waals surface area contributed by atoms with E-state index in [1.807, 2.05) is 13.8 Å². The lowest BCUT2D eigenvalue weighted by atomic mass is 10.0. The van der Waals surface area contributed by atoms with Gasteiger partial charge < -0.3 is 15.4 Å². The van der Waals surface area contributed by atoms with Crippen molar-refractivity contribution in [1.82, 2.24) is 15.3 Å². The molecule has 1 aromatic carbocycles. The van der Waals surface area contributed by atoms with Crippen molar-refractivity contribution in [3.05, 3.63) is 53.6 Å². The summed E-state index contributed by atoms with van der Waals surface area (Å²) in [5.74, 6) is -2.09. The molecule has 3 N–H and O–H groups in total. The Hall–Kier alpha value is -2.96. The van der Waals surface area contributed by atoms with Gasteiger partial charge in [-0.05, 0) is 12.3 Å². The van der Waals surface area contributed by atoms with Crippen molar-refractivity contribution >= 4 is 17.7 Å². The van der Waals surface area contributed by atoms with Crippen LogP contribution in [0, 0.1) is 5.92 Å². The second kappa shape index (κ2) is 7.54. The van der Waals surface area contributed by atoms with Crippen LogP contribution in [0.15, 0.2) is 36.7 Å². The number of nitrogens with one attached hydrogen (secondary N) is 2. The summed E-state index contributed by atoms with van der Waals surface area (Å²) in [4.78, 5) is 42.6. The molecule has 0 unspecified atom stereocenters. The van der Waals surface area contributed by atoms with Gasteiger partial charge in [-0.15, -0.1) is 0 Å². The number of rotatable bonds is 7. The molecule has 0 aliphatic heterocycles. The summed E-state index contributed by atoms with van der Waals surface area (Å²) in [5, 5.41) is 11.7. The zero-order valence-electron chi connectivity index (χ0n) is 13.4. The summed E-state index contributed by atoms with van der Waals surface area (Å²) < 4.78 is 0. The minimum absolute atomic E-state index is 0.0348. The third kappa shape index (κ3) is 4.07. The third-order valence-corrected chi connectivity index (χ3v) is 3.43. The van der Waals surface area contributed by atoms with E-state index in [4.69, 9.17) is 0 Å². The maximum absolute atomic E-state index is 12.5. The Bertz CT molecular complexity index is 737. The molecule has 24 heavy (non-hydrogen) atoms. The van der Waals surface area contributed by atoms with E-state index in [2.05, 4.69) is 15.3 Å². The highest BCUT2D eigenvalue weighted by Crippen LogP contribution is 2.12. The van der Waals surface area contributed by atoms with Crippen LogP contribution < -0.4 is 5.32 Å². The van der Waals surface area contributed by atoms with E-state index < -0.39 is 23.7 Å². The number of benzene rings is 1. The number of amides is 1. The lowest BCUT2D eigenvalue weighted by Crippen LogP contribution is -2.42. The summed E-state index contributed by atoms with van der Waals surface area (Å²) in [5.41, 5.74) is 0.321. The molecule has 0 fully saturated rings. The molecule has 0 bridgehead atoms. The van der Waals surface area contributed by atoms with E-state index in [9.17, 15) is 19.5 Å². The molecule has 0 saturated carbocycles. The maximum atomic E-state index is 12.5. The normalized spacial score (nSPS) is 12.0. The van der Waals surface area contributed by atoms with Crippen LogP contribution in [0.5, 0.6) is 0 Å². The van der Waals surface area contributed by atoms with Crippen LogP contribution >= 0.6 is 0 Å². The number of carboxylic acids is 1. The lowest BCUT2D eigenvalue weighted by Gasteiger charge is -2.16. The van der Waals surface area contributed by atoms with Gasteiger partial charge in [-0.3, -0.25) is 9.59 Å². The first-order chi connectivity index (χ1) is 11.4. The van der Waals surface area contributed by atoms with Gasteiger partial charge >= 0.3 is 5.97 Å². The molecule has 126 valence electrons. The zero-order valence-corrected chi connectivity index (χ0v) is 13.4. The van der Waals surface area contributed by atoms with Gasteiger partial charge in [0, 0.05) is 5.56 Å². The largest absolute Gasteiger partial charge is 0.480 e. The maximum Gasteiger partial charge on any atom is 0.326 e. The van der Waals surface area contributed by atoms with Gasteiger partial charge in [0.15, 0.2) is 0 Å². The van der Waals surface area contributed by atoms with Crippen LogP contribution in [-0.4, -0.2) is 38.8 Å². The second-order valence-electron chi connectivity index (χ2n) is 5.82. The number of ketones is 1. The van der Waals surface area contributed by atoms with E-state index in [0.717, 1.165) is 0 Å². The number of aromatic amines is 1. The van der Waals surface area contributed by atoms with Crippen LogP contribution in [0.3, 0.4) is 0 Å². The first-order valence-corrected chi connectivity index (χ1v) is 7.57. The van der Waals surface area contributed by atoms with E-state index >= 15 is 0 Å². The number of carbonyl (C=O) groups excluding carboxylic acids is 2. The van der Waals surface area contributed by atoms with Crippen molar-refractivity contribution in [1.29, 1.82) is 0 Å². The van der Waals surface area contributed by atoms with Crippen molar-refractivity contribution < 1.29 is 19.5 Å². The topological polar surface area (TPSA) is 112 Å². The summed E-state index contributed by atoms with van der Waals surface area (Å²) >= 11 is 0. The minimum atomic E-state index is -1.12. The molecule has 2 aromatic rings. The summed E-state index contributed by atoms with van der Waals surface area (Å²) in [6, 6.07) is 7.42. The van der Waals surface area contributed by atoms with Crippen LogP contribution in [0.25, 0.3) is 0 Å². The Morgan fingerprint density at radius 1 is 1.21 bits per heavy atom. The Labute approximate surface area is 139 Å². The van der Waals surface area contributed by atoms with Crippen molar-refractivity contribution in [2.45, 2.75) is 26.3 Å².